The minimum atomic E-state index is -4.21. The molecule has 21 heavy (non-hydrogen) atoms. The summed E-state index contributed by atoms with van der Waals surface area (Å²) in [6.45, 7) is -0.305. The number of aliphatic hydroxyl groups excluding tert-OH is 1. The zero-order valence-electron chi connectivity index (χ0n) is 10.8. The lowest BCUT2D eigenvalue weighted by Gasteiger charge is -2.10. The number of nitrogens with zero attached hydrogens (tertiary/aromatic N) is 2. The maximum atomic E-state index is 13.6. The summed E-state index contributed by atoms with van der Waals surface area (Å²) in [5.74, 6) is -2.79. The van der Waals surface area contributed by atoms with Crippen molar-refractivity contribution in [2.75, 3.05) is 6.54 Å². The average molecular weight is 317 g/mol. The average Bonchev–Trinajstić information content (AvgIpc) is 2.94. The molecule has 0 spiro atoms. The van der Waals surface area contributed by atoms with Gasteiger partial charge in [-0.3, -0.25) is 0 Å². The van der Waals surface area contributed by atoms with Crippen LogP contribution in [-0.4, -0.2) is 29.6 Å². The fourth-order valence-corrected chi connectivity index (χ4v) is 2.87. The Morgan fingerprint density at radius 1 is 1.33 bits per heavy atom. The summed E-state index contributed by atoms with van der Waals surface area (Å²) in [4.78, 5) is 2.97. The Morgan fingerprint density at radius 3 is 2.71 bits per heavy atom. The van der Waals surface area contributed by atoms with Crippen molar-refractivity contribution in [3.8, 4) is 0 Å². The van der Waals surface area contributed by atoms with Crippen molar-refractivity contribution in [3.63, 3.8) is 0 Å². The third-order valence-corrected chi connectivity index (χ3v) is 4.21. The summed E-state index contributed by atoms with van der Waals surface area (Å²) in [6.07, 6.45) is 4.68. The van der Waals surface area contributed by atoms with Gasteiger partial charge in [-0.15, -0.1) is 0 Å². The number of benzene rings is 1. The fraction of sp³-hybridized carbons (Fsp3) is 0.250. The van der Waals surface area contributed by atoms with E-state index in [0.29, 0.717) is 6.54 Å². The van der Waals surface area contributed by atoms with Gasteiger partial charge in [0.1, 0.15) is 4.90 Å². The van der Waals surface area contributed by atoms with Crippen LogP contribution in [0.4, 0.5) is 8.78 Å². The Morgan fingerprint density at radius 2 is 2.10 bits per heavy atom. The molecule has 0 bridgehead atoms. The molecule has 1 aromatic heterocycles. The van der Waals surface area contributed by atoms with Crippen molar-refractivity contribution >= 4 is 10.0 Å². The van der Waals surface area contributed by atoms with Gasteiger partial charge in [-0.25, -0.2) is 26.9 Å². The van der Waals surface area contributed by atoms with E-state index in [4.69, 9.17) is 5.11 Å². The van der Waals surface area contributed by atoms with Crippen LogP contribution >= 0.6 is 0 Å². The van der Waals surface area contributed by atoms with E-state index in [2.05, 4.69) is 9.71 Å². The number of halogens is 2. The van der Waals surface area contributed by atoms with Crippen LogP contribution in [0.1, 0.15) is 5.56 Å². The Bertz CT molecular complexity index is 718. The number of hydrogen-bond acceptors (Lipinski definition) is 4. The summed E-state index contributed by atoms with van der Waals surface area (Å²) in [5, 5.41) is 8.93. The van der Waals surface area contributed by atoms with Crippen LogP contribution < -0.4 is 4.72 Å². The molecule has 2 N–H and O–H groups in total. The molecular weight excluding hydrogens is 304 g/mol. The van der Waals surface area contributed by atoms with Crippen molar-refractivity contribution in [3.05, 3.63) is 48.1 Å². The second-order valence-electron chi connectivity index (χ2n) is 4.25. The van der Waals surface area contributed by atoms with Gasteiger partial charge < -0.3 is 9.67 Å². The van der Waals surface area contributed by atoms with Crippen LogP contribution in [0.2, 0.25) is 0 Å². The normalized spacial score (nSPS) is 11.8. The van der Waals surface area contributed by atoms with Crippen molar-refractivity contribution in [1.29, 1.82) is 0 Å². The van der Waals surface area contributed by atoms with Crippen LogP contribution in [-0.2, 0) is 23.2 Å². The number of aromatic nitrogens is 2. The monoisotopic (exact) mass is 317 g/mol. The van der Waals surface area contributed by atoms with Crippen LogP contribution in [0.25, 0.3) is 0 Å². The predicted octanol–water partition coefficient (Wildman–Crippen LogP) is 0.632. The lowest BCUT2D eigenvalue weighted by molar-refractivity contribution is 0.280. The topological polar surface area (TPSA) is 84.2 Å². The smallest absolute Gasteiger partial charge is 0.243 e. The van der Waals surface area contributed by atoms with Gasteiger partial charge in [0, 0.05) is 25.5 Å². The van der Waals surface area contributed by atoms with Gasteiger partial charge in [-0.2, -0.15) is 0 Å². The highest BCUT2D eigenvalue weighted by molar-refractivity contribution is 7.89. The SMILES string of the molecule is O=S(=O)(NCCn1ccnc1)c1cc(CO)cc(F)c1F. The molecule has 6 nitrogen and oxygen atoms in total. The van der Waals surface area contributed by atoms with Crippen LogP contribution in [0.15, 0.2) is 35.7 Å². The molecule has 1 heterocycles. The first-order valence-corrected chi connectivity index (χ1v) is 7.46. The zero-order chi connectivity index (χ0) is 15.5. The Kier molecular flexibility index (Phi) is 4.66. The highest BCUT2D eigenvalue weighted by Crippen LogP contribution is 2.19. The van der Waals surface area contributed by atoms with E-state index in [1.54, 1.807) is 10.8 Å². The minimum Gasteiger partial charge on any atom is -0.392 e. The third kappa shape index (κ3) is 3.63. The number of sulfonamides is 1. The first kappa shape index (κ1) is 15.5. The summed E-state index contributed by atoms with van der Waals surface area (Å²) >= 11 is 0. The molecule has 0 aliphatic heterocycles. The van der Waals surface area contributed by atoms with Gasteiger partial charge in [-0.1, -0.05) is 0 Å². The molecule has 9 heteroatoms. The molecule has 0 saturated heterocycles. The van der Waals surface area contributed by atoms with Gasteiger partial charge >= 0.3 is 0 Å². The maximum absolute atomic E-state index is 13.6. The van der Waals surface area contributed by atoms with Crippen molar-refractivity contribution in [1.82, 2.24) is 14.3 Å². The van der Waals surface area contributed by atoms with Crippen LogP contribution in [0.3, 0.4) is 0 Å². The molecule has 0 radical (unpaired) electrons. The summed E-state index contributed by atoms with van der Waals surface area (Å²) in [7, 11) is -4.21. The number of imidazole rings is 1. The molecule has 0 fully saturated rings. The van der Waals surface area contributed by atoms with E-state index in [9.17, 15) is 17.2 Å². The molecule has 0 aliphatic rings. The molecule has 0 saturated carbocycles. The molecule has 2 rings (SSSR count). The number of aliphatic hydroxyl groups is 1. The van der Waals surface area contributed by atoms with Gasteiger partial charge in [-0.05, 0) is 17.7 Å². The van der Waals surface area contributed by atoms with E-state index in [0.717, 1.165) is 12.1 Å². The van der Waals surface area contributed by atoms with Gasteiger partial charge in [0.2, 0.25) is 10.0 Å². The third-order valence-electron chi connectivity index (χ3n) is 2.75. The lowest BCUT2D eigenvalue weighted by atomic mass is 10.2. The van der Waals surface area contributed by atoms with Gasteiger partial charge in [0.05, 0.1) is 12.9 Å². The minimum absolute atomic E-state index is 0.0108. The lowest BCUT2D eigenvalue weighted by Crippen LogP contribution is -2.28. The van der Waals surface area contributed by atoms with Crippen LogP contribution in [0.5, 0.6) is 0 Å². The van der Waals surface area contributed by atoms with Crippen molar-refractivity contribution in [2.24, 2.45) is 0 Å². The summed E-state index contributed by atoms with van der Waals surface area (Å²) < 4.78 is 54.7. The van der Waals surface area contributed by atoms with Crippen molar-refractivity contribution < 1.29 is 22.3 Å². The summed E-state index contributed by atoms with van der Waals surface area (Å²) in [6, 6.07) is 1.65. The molecule has 114 valence electrons. The van der Waals surface area contributed by atoms with Crippen LogP contribution in [0, 0.1) is 11.6 Å². The molecule has 0 atom stereocenters. The number of nitrogens with one attached hydrogen (secondary N) is 1. The van der Waals surface area contributed by atoms with E-state index in [1.165, 1.54) is 12.5 Å². The second kappa shape index (κ2) is 6.29. The Labute approximate surface area is 120 Å². The van der Waals surface area contributed by atoms with Gasteiger partial charge in [0.25, 0.3) is 0 Å². The van der Waals surface area contributed by atoms with E-state index in [1.807, 2.05) is 0 Å². The molecule has 0 unspecified atom stereocenters. The van der Waals surface area contributed by atoms with Crippen molar-refractivity contribution in [2.45, 2.75) is 18.0 Å². The fourth-order valence-electron chi connectivity index (χ4n) is 1.71. The highest BCUT2D eigenvalue weighted by Gasteiger charge is 2.22. The molecule has 0 amide bonds. The summed E-state index contributed by atoms with van der Waals surface area (Å²) in [5.41, 5.74) is -0.0242. The van der Waals surface area contributed by atoms with Gasteiger partial charge in [0.15, 0.2) is 11.6 Å². The molecule has 2 aromatic rings. The quantitative estimate of drug-likeness (QED) is 0.818. The zero-order valence-corrected chi connectivity index (χ0v) is 11.6. The standard InChI is InChI=1S/C12H13F2N3O3S/c13-10-5-9(7-18)6-11(12(10)14)21(19,20)16-2-4-17-3-1-15-8-17/h1,3,5-6,8,16,18H,2,4,7H2. The van der Waals surface area contributed by atoms with E-state index < -0.39 is 33.2 Å². The largest absolute Gasteiger partial charge is 0.392 e. The van der Waals surface area contributed by atoms with E-state index >= 15 is 0 Å². The first-order chi connectivity index (χ1) is 9.94. The molecular formula is C12H13F2N3O3S. The van der Waals surface area contributed by atoms with E-state index in [-0.39, 0.29) is 12.1 Å². The molecule has 0 aliphatic carbocycles. The number of hydrogen-bond donors (Lipinski definition) is 2. The second-order valence-corrected chi connectivity index (χ2v) is 5.98. The highest BCUT2D eigenvalue weighted by atomic mass is 32.2. The maximum Gasteiger partial charge on any atom is 0.243 e. The first-order valence-electron chi connectivity index (χ1n) is 5.98. The Balaban J connectivity index is 2.17. The number of rotatable bonds is 6. The Hall–Kier alpha value is -1.84. The molecule has 1 aromatic carbocycles. The predicted molar refractivity (Wildman–Crippen MR) is 69.7 cm³/mol.